The Kier molecular flexibility index (Phi) is 7.57. The van der Waals surface area contributed by atoms with Crippen LogP contribution in [0, 0.1) is 0 Å². The summed E-state index contributed by atoms with van der Waals surface area (Å²) in [5.41, 5.74) is 15.5. The zero-order chi connectivity index (χ0) is 32.8. The largest absolute Gasteiger partial charge is 0.309 e. The quantitative estimate of drug-likeness (QED) is 0.172. The molecule has 9 rings (SSSR count). The minimum atomic E-state index is 0.0522. The monoisotopic (exact) mass is 607 g/mol. The van der Waals surface area contributed by atoms with Crippen LogP contribution in [0.5, 0.6) is 0 Å². The number of nitrogens with zero attached hydrogens (tertiary/aromatic N) is 1. The maximum atomic E-state index is 3.36. The van der Waals surface area contributed by atoms with Crippen molar-refractivity contribution in [2.45, 2.75) is 38.5 Å². The third-order valence-electron chi connectivity index (χ3n) is 10.00. The van der Waals surface area contributed by atoms with Crippen LogP contribution < -0.4 is 0 Å². The van der Waals surface area contributed by atoms with Gasteiger partial charge in [-0.1, -0.05) is 168 Å². The van der Waals surface area contributed by atoms with Crippen molar-refractivity contribution in [2.24, 2.45) is 0 Å². The van der Waals surface area contributed by atoms with Crippen LogP contribution >= 0.6 is 0 Å². The van der Waals surface area contributed by atoms with Crippen LogP contribution in [0.1, 0.15) is 49.9 Å². The Morgan fingerprint density at radius 3 is 1.26 bits per heavy atom. The second-order valence-corrected chi connectivity index (χ2v) is 13.4. The van der Waals surface area contributed by atoms with Crippen LogP contribution in [0.4, 0.5) is 0 Å². The number of rotatable bonds is 2. The standard InChI is InChI=1S/C24H22.C18H13N.C4H6/c1-23(2)19-11-7-5-9-15(19)17-13-14-18-16-10-6-8-12-20(16)24(3,4)22(18)21(17)23;1-2-8-14(9-3-1)19-17-12-6-4-10-15(17)16-11-5-7-13-18(16)19;1-3-4-2/h5-14H,1-4H3;1-13H;3-4H,1-2H2. The van der Waals surface area contributed by atoms with Crippen molar-refractivity contribution in [3.63, 3.8) is 0 Å². The van der Waals surface area contributed by atoms with E-state index in [9.17, 15) is 0 Å². The molecule has 1 nitrogen and oxygen atoms in total. The number of fused-ring (bicyclic) bond motifs is 10. The first-order valence-electron chi connectivity index (χ1n) is 16.5. The van der Waals surface area contributed by atoms with Gasteiger partial charge in [-0.2, -0.15) is 0 Å². The van der Waals surface area contributed by atoms with Crippen LogP contribution in [0.15, 0.2) is 165 Å². The molecular formula is C46H41N. The van der Waals surface area contributed by atoms with Gasteiger partial charge in [0, 0.05) is 27.3 Å². The minimum absolute atomic E-state index is 0.0522. The van der Waals surface area contributed by atoms with Crippen LogP contribution in [0.2, 0.25) is 0 Å². The van der Waals surface area contributed by atoms with Crippen LogP contribution in [0.25, 0.3) is 49.7 Å². The third-order valence-corrected chi connectivity index (χ3v) is 10.00. The van der Waals surface area contributed by atoms with E-state index in [1.807, 2.05) is 0 Å². The molecule has 230 valence electrons. The van der Waals surface area contributed by atoms with Gasteiger partial charge in [0.15, 0.2) is 0 Å². The van der Waals surface area contributed by atoms with Gasteiger partial charge < -0.3 is 4.57 Å². The van der Waals surface area contributed by atoms with Crippen molar-refractivity contribution in [3.8, 4) is 27.9 Å². The predicted octanol–water partition coefficient (Wildman–Crippen LogP) is 12.4. The molecule has 0 saturated carbocycles. The Bertz CT molecular complexity index is 2130. The number of aromatic nitrogens is 1. The highest BCUT2D eigenvalue weighted by Gasteiger charge is 2.45. The Morgan fingerprint density at radius 2 is 0.809 bits per heavy atom. The summed E-state index contributed by atoms with van der Waals surface area (Å²) in [6.45, 7) is 16.3. The predicted molar refractivity (Wildman–Crippen MR) is 203 cm³/mol. The van der Waals surface area contributed by atoms with Crippen LogP contribution in [0.3, 0.4) is 0 Å². The summed E-state index contributed by atoms with van der Waals surface area (Å²) in [6.07, 6.45) is 3.28. The molecule has 7 aromatic rings. The minimum Gasteiger partial charge on any atom is -0.309 e. The van der Waals surface area contributed by atoms with Gasteiger partial charge in [-0.3, -0.25) is 0 Å². The van der Waals surface area contributed by atoms with Gasteiger partial charge in [0.2, 0.25) is 0 Å². The maximum absolute atomic E-state index is 3.36. The summed E-state index contributed by atoms with van der Waals surface area (Å²) in [4.78, 5) is 0. The van der Waals surface area contributed by atoms with Crippen LogP contribution in [-0.4, -0.2) is 4.57 Å². The lowest BCUT2D eigenvalue weighted by atomic mass is 9.72. The van der Waals surface area contributed by atoms with Gasteiger partial charge in [-0.25, -0.2) is 0 Å². The van der Waals surface area contributed by atoms with Gasteiger partial charge in [-0.15, -0.1) is 0 Å². The van der Waals surface area contributed by atoms with Gasteiger partial charge in [0.25, 0.3) is 0 Å². The highest BCUT2D eigenvalue weighted by Crippen LogP contribution is 2.58. The third kappa shape index (κ3) is 4.77. The van der Waals surface area contributed by atoms with Gasteiger partial charge in [-0.05, 0) is 68.8 Å². The van der Waals surface area contributed by atoms with E-state index in [0.29, 0.717) is 0 Å². The summed E-state index contributed by atoms with van der Waals surface area (Å²) < 4.78 is 2.32. The molecule has 0 atom stereocenters. The van der Waals surface area contributed by atoms with Crippen molar-refractivity contribution >= 4 is 21.8 Å². The van der Waals surface area contributed by atoms with Gasteiger partial charge in [0.1, 0.15) is 0 Å². The number of hydrogen-bond acceptors (Lipinski definition) is 0. The van der Waals surface area contributed by atoms with Gasteiger partial charge in [0.05, 0.1) is 11.0 Å². The molecule has 2 aliphatic rings. The van der Waals surface area contributed by atoms with E-state index >= 15 is 0 Å². The summed E-state index contributed by atoms with van der Waals surface area (Å²) in [5, 5.41) is 2.61. The molecule has 6 aromatic carbocycles. The van der Waals surface area contributed by atoms with Crippen molar-refractivity contribution in [1.29, 1.82) is 0 Å². The highest BCUT2D eigenvalue weighted by atomic mass is 15.0. The smallest absolute Gasteiger partial charge is 0.0541 e. The van der Waals surface area contributed by atoms with E-state index < -0.39 is 0 Å². The van der Waals surface area contributed by atoms with E-state index in [1.54, 1.807) is 12.2 Å². The summed E-state index contributed by atoms with van der Waals surface area (Å²) in [5.74, 6) is 0. The van der Waals surface area contributed by atoms with E-state index in [0.717, 1.165) is 0 Å². The van der Waals surface area contributed by atoms with Crippen molar-refractivity contribution < 1.29 is 0 Å². The molecule has 2 aliphatic carbocycles. The molecule has 0 unspecified atom stereocenters. The fourth-order valence-electron chi connectivity index (χ4n) is 7.92. The molecule has 1 heteroatoms. The Labute approximate surface area is 279 Å². The van der Waals surface area contributed by atoms with E-state index in [4.69, 9.17) is 0 Å². The number of allylic oxidation sites excluding steroid dienone is 2. The van der Waals surface area contributed by atoms with E-state index in [2.05, 4.69) is 185 Å². The molecular weight excluding hydrogens is 567 g/mol. The fourth-order valence-corrected chi connectivity index (χ4v) is 7.92. The molecule has 1 heterocycles. The topological polar surface area (TPSA) is 4.93 Å². The zero-order valence-electron chi connectivity index (χ0n) is 27.8. The molecule has 0 radical (unpaired) electrons. The fraction of sp³-hybridized carbons (Fsp3) is 0.130. The summed E-state index contributed by atoms with van der Waals surface area (Å²) >= 11 is 0. The molecule has 0 saturated heterocycles. The van der Waals surface area contributed by atoms with Crippen molar-refractivity contribution in [1.82, 2.24) is 4.57 Å². The number of benzene rings is 6. The summed E-state index contributed by atoms with van der Waals surface area (Å²) in [6, 6.07) is 50.2. The average Bonchev–Trinajstić information content (AvgIpc) is 3.66. The SMILES string of the molecule is C=CC=C.CC1(C)c2ccccc2-c2ccc3c(c21)C(C)(C)c1ccccc1-3.c1ccc(-n2c3ccccc3c3ccccc32)cc1. The lowest BCUT2D eigenvalue weighted by Crippen LogP contribution is -2.24. The Balaban J connectivity index is 0.000000137. The first-order chi connectivity index (χ1) is 22.8. The number of hydrogen-bond donors (Lipinski definition) is 0. The van der Waals surface area contributed by atoms with Crippen LogP contribution in [-0.2, 0) is 10.8 Å². The van der Waals surface area contributed by atoms with E-state index in [-0.39, 0.29) is 10.8 Å². The molecule has 0 N–H and O–H groups in total. The summed E-state index contributed by atoms with van der Waals surface area (Å²) in [7, 11) is 0. The average molecular weight is 608 g/mol. The molecule has 1 aromatic heterocycles. The molecule has 0 fully saturated rings. The first-order valence-corrected chi connectivity index (χ1v) is 16.5. The molecule has 0 amide bonds. The lowest BCUT2D eigenvalue weighted by Gasteiger charge is -2.30. The van der Waals surface area contributed by atoms with Crippen molar-refractivity contribution in [3.05, 3.63) is 187 Å². The first kappa shape index (κ1) is 30.3. The second kappa shape index (κ2) is 11.8. The molecule has 47 heavy (non-hydrogen) atoms. The molecule has 0 bridgehead atoms. The maximum Gasteiger partial charge on any atom is 0.0541 e. The Hall–Kier alpha value is -5.40. The molecule has 0 spiro atoms. The normalized spacial score (nSPS) is 14.0. The van der Waals surface area contributed by atoms with Gasteiger partial charge >= 0.3 is 0 Å². The molecule has 0 aliphatic heterocycles. The second-order valence-electron chi connectivity index (χ2n) is 13.4. The lowest BCUT2D eigenvalue weighted by molar-refractivity contribution is 0.601. The highest BCUT2D eigenvalue weighted by molar-refractivity contribution is 6.09. The number of para-hydroxylation sites is 3. The Morgan fingerprint density at radius 1 is 0.426 bits per heavy atom. The van der Waals surface area contributed by atoms with Crippen molar-refractivity contribution in [2.75, 3.05) is 0 Å². The van der Waals surface area contributed by atoms with E-state index in [1.165, 1.54) is 72.0 Å². The zero-order valence-corrected chi connectivity index (χ0v) is 27.8.